The van der Waals surface area contributed by atoms with Crippen molar-refractivity contribution in [1.82, 2.24) is 5.32 Å². The number of hydrogen-bond donors (Lipinski definition) is 2. The zero-order chi connectivity index (χ0) is 22.4. The summed E-state index contributed by atoms with van der Waals surface area (Å²) >= 11 is 0. The molecular weight excluding hydrogens is 374 g/mol. The molecule has 1 fully saturated rings. The van der Waals surface area contributed by atoms with Crippen molar-refractivity contribution in [2.75, 3.05) is 0 Å². The maximum absolute atomic E-state index is 13.9. The van der Waals surface area contributed by atoms with E-state index in [1.54, 1.807) is 0 Å². The van der Waals surface area contributed by atoms with E-state index >= 15 is 0 Å². The molecule has 2 N–H and O–H groups in total. The summed E-state index contributed by atoms with van der Waals surface area (Å²) in [6.45, 7) is 14.8. The van der Waals surface area contributed by atoms with Crippen LogP contribution in [0.2, 0.25) is 0 Å². The smallest absolute Gasteiger partial charge is 0.257 e. The lowest BCUT2D eigenvalue weighted by Gasteiger charge is -2.52. The van der Waals surface area contributed by atoms with Crippen LogP contribution in [0.1, 0.15) is 74.1 Å². The summed E-state index contributed by atoms with van der Waals surface area (Å²) in [5, 5.41) is 13.5. The predicted molar refractivity (Wildman–Crippen MR) is 120 cm³/mol. The van der Waals surface area contributed by atoms with Crippen LogP contribution in [0.25, 0.3) is 0 Å². The lowest BCUT2D eigenvalue weighted by atomic mass is 9.52. The van der Waals surface area contributed by atoms with Crippen LogP contribution >= 0.6 is 0 Å². The molecule has 1 saturated carbocycles. The Labute approximate surface area is 181 Å². The molecule has 2 aliphatic carbocycles. The summed E-state index contributed by atoms with van der Waals surface area (Å²) in [5.74, 6) is 0.258. The fourth-order valence-corrected chi connectivity index (χ4v) is 6.53. The normalized spacial score (nSPS) is 39.4. The molecule has 4 nitrogen and oxygen atoms in total. The Balaban J connectivity index is 2.06. The first-order valence-corrected chi connectivity index (χ1v) is 11.5. The highest BCUT2D eigenvalue weighted by atomic mass is 16.3. The minimum absolute atomic E-state index is 0.0153. The van der Waals surface area contributed by atoms with E-state index < -0.39 is 11.6 Å². The molecule has 0 aromatic heterocycles. The van der Waals surface area contributed by atoms with Gasteiger partial charge in [-0.2, -0.15) is 0 Å². The van der Waals surface area contributed by atoms with Gasteiger partial charge < -0.3 is 10.4 Å². The van der Waals surface area contributed by atoms with Gasteiger partial charge in [-0.3, -0.25) is 9.59 Å². The molecule has 166 valence electrons. The standard InChI is InChI=1S/C26H39NO3/c1-8-17(5)21-18(6)13-25(7)12-16(4)9-10-20(25)22(21)23(28)19-14-26(30,11-15(2)3)27-24(19)29/h8,13-16,20-22,30H,9-12H2,1-7H3,(H,27,29). The Morgan fingerprint density at radius 2 is 2.00 bits per heavy atom. The number of amides is 1. The van der Waals surface area contributed by atoms with E-state index in [0.29, 0.717) is 12.3 Å². The first kappa shape index (κ1) is 23.0. The number of hydrogen-bond acceptors (Lipinski definition) is 3. The molecule has 0 radical (unpaired) electrons. The van der Waals surface area contributed by atoms with Crippen LogP contribution in [0.5, 0.6) is 0 Å². The first-order chi connectivity index (χ1) is 13.9. The highest BCUT2D eigenvalue weighted by Crippen LogP contribution is 2.56. The van der Waals surface area contributed by atoms with Crippen LogP contribution in [-0.4, -0.2) is 22.5 Å². The van der Waals surface area contributed by atoms with Gasteiger partial charge in [0.15, 0.2) is 11.5 Å². The van der Waals surface area contributed by atoms with Crippen molar-refractivity contribution in [3.8, 4) is 0 Å². The fraction of sp³-hybridized carbons (Fsp3) is 0.692. The first-order valence-electron chi connectivity index (χ1n) is 11.5. The molecule has 4 heteroatoms. The summed E-state index contributed by atoms with van der Waals surface area (Å²) in [4.78, 5) is 26.7. The van der Waals surface area contributed by atoms with Crippen molar-refractivity contribution in [3.05, 3.63) is 34.9 Å². The zero-order valence-corrected chi connectivity index (χ0v) is 19.7. The molecule has 1 aliphatic heterocycles. The second-order valence-electron chi connectivity index (χ2n) is 10.8. The number of Topliss-reactive ketones (excluding diaryl/α,β-unsaturated/α-hetero) is 1. The fourth-order valence-electron chi connectivity index (χ4n) is 6.53. The van der Waals surface area contributed by atoms with E-state index in [-0.39, 0.29) is 40.4 Å². The lowest BCUT2D eigenvalue weighted by molar-refractivity contribution is -0.129. The molecule has 3 aliphatic rings. The van der Waals surface area contributed by atoms with Crippen molar-refractivity contribution in [2.24, 2.45) is 35.0 Å². The number of fused-ring (bicyclic) bond motifs is 1. The van der Waals surface area contributed by atoms with Crippen molar-refractivity contribution in [1.29, 1.82) is 0 Å². The molecule has 0 aromatic rings. The minimum atomic E-state index is -1.43. The summed E-state index contributed by atoms with van der Waals surface area (Å²) in [6, 6.07) is 0. The maximum atomic E-state index is 13.9. The van der Waals surface area contributed by atoms with Gasteiger partial charge in [-0.15, -0.1) is 0 Å². The zero-order valence-electron chi connectivity index (χ0n) is 19.7. The van der Waals surface area contributed by atoms with E-state index in [4.69, 9.17) is 0 Å². The molecule has 1 heterocycles. The molecule has 6 unspecified atom stereocenters. The molecule has 0 spiro atoms. The van der Waals surface area contributed by atoms with Gasteiger partial charge in [0, 0.05) is 18.3 Å². The second kappa shape index (κ2) is 8.11. The van der Waals surface area contributed by atoms with Gasteiger partial charge in [-0.25, -0.2) is 0 Å². The monoisotopic (exact) mass is 413 g/mol. The summed E-state index contributed by atoms with van der Waals surface area (Å²) < 4.78 is 0. The molecule has 0 saturated heterocycles. The Kier molecular flexibility index (Phi) is 6.21. The van der Waals surface area contributed by atoms with Gasteiger partial charge in [0.2, 0.25) is 0 Å². The molecule has 3 rings (SSSR count). The van der Waals surface area contributed by atoms with Gasteiger partial charge in [0.05, 0.1) is 5.57 Å². The van der Waals surface area contributed by atoms with Crippen LogP contribution in [0, 0.1) is 35.0 Å². The number of ketones is 1. The molecule has 0 aromatic carbocycles. The Hall–Kier alpha value is -1.68. The van der Waals surface area contributed by atoms with E-state index in [2.05, 4.69) is 45.2 Å². The van der Waals surface area contributed by atoms with E-state index in [1.807, 2.05) is 20.8 Å². The lowest BCUT2D eigenvalue weighted by Crippen LogP contribution is -2.48. The quantitative estimate of drug-likeness (QED) is 0.495. The number of allylic oxidation sites excluding steroid dienone is 4. The van der Waals surface area contributed by atoms with Gasteiger partial charge in [0.1, 0.15) is 0 Å². The number of carbonyl (C=O) groups excluding carboxylic acids is 2. The predicted octanol–water partition coefficient (Wildman–Crippen LogP) is 4.95. The van der Waals surface area contributed by atoms with Crippen molar-refractivity contribution in [2.45, 2.75) is 79.9 Å². The highest BCUT2D eigenvalue weighted by Gasteiger charge is 2.52. The van der Waals surface area contributed by atoms with Crippen LogP contribution < -0.4 is 5.32 Å². The van der Waals surface area contributed by atoms with E-state index in [9.17, 15) is 14.7 Å². The number of aliphatic hydroxyl groups is 1. The average molecular weight is 414 g/mol. The number of nitrogens with one attached hydrogen (secondary N) is 1. The summed E-state index contributed by atoms with van der Waals surface area (Å²) in [5.41, 5.74) is 1.10. The number of rotatable bonds is 5. The summed E-state index contributed by atoms with van der Waals surface area (Å²) in [7, 11) is 0. The minimum Gasteiger partial charge on any atom is -0.367 e. The van der Waals surface area contributed by atoms with Gasteiger partial charge in [-0.1, -0.05) is 57.4 Å². The van der Waals surface area contributed by atoms with Crippen molar-refractivity contribution >= 4 is 11.7 Å². The molecule has 6 atom stereocenters. The SMILES string of the molecule is CC=C(C)C1C(C)=CC2(C)CC(C)CCC2C1C(=O)C1=CC(O)(CC(C)C)NC1=O. The summed E-state index contributed by atoms with van der Waals surface area (Å²) in [6.07, 6.45) is 9.58. The Bertz CT molecular complexity index is 820. The average Bonchev–Trinajstić information content (AvgIpc) is 2.91. The Morgan fingerprint density at radius 3 is 2.60 bits per heavy atom. The van der Waals surface area contributed by atoms with Gasteiger partial charge >= 0.3 is 0 Å². The van der Waals surface area contributed by atoms with Crippen molar-refractivity contribution < 1.29 is 14.7 Å². The van der Waals surface area contributed by atoms with Gasteiger partial charge in [0.25, 0.3) is 5.91 Å². The third kappa shape index (κ3) is 4.08. The van der Waals surface area contributed by atoms with Crippen molar-refractivity contribution in [3.63, 3.8) is 0 Å². The Morgan fingerprint density at radius 1 is 1.33 bits per heavy atom. The molecule has 1 amide bonds. The van der Waals surface area contributed by atoms with E-state index in [0.717, 1.165) is 19.3 Å². The highest BCUT2D eigenvalue weighted by molar-refractivity contribution is 6.22. The van der Waals surface area contributed by atoms with Crippen LogP contribution in [0.15, 0.2) is 34.9 Å². The van der Waals surface area contributed by atoms with Crippen LogP contribution in [0.4, 0.5) is 0 Å². The topological polar surface area (TPSA) is 66.4 Å². The van der Waals surface area contributed by atoms with Crippen LogP contribution in [-0.2, 0) is 9.59 Å². The van der Waals surface area contributed by atoms with E-state index in [1.165, 1.54) is 17.2 Å². The molecular formula is C26H39NO3. The third-order valence-corrected chi connectivity index (χ3v) is 7.64. The largest absolute Gasteiger partial charge is 0.367 e. The second-order valence-corrected chi connectivity index (χ2v) is 10.8. The maximum Gasteiger partial charge on any atom is 0.257 e. The molecule has 0 bridgehead atoms. The number of carbonyl (C=O) groups is 2. The third-order valence-electron chi connectivity index (χ3n) is 7.64. The van der Waals surface area contributed by atoms with Gasteiger partial charge in [-0.05, 0) is 62.9 Å². The van der Waals surface area contributed by atoms with Crippen LogP contribution in [0.3, 0.4) is 0 Å². The molecule has 30 heavy (non-hydrogen) atoms.